The topological polar surface area (TPSA) is 72.9 Å². The summed E-state index contributed by atoms with van der Waals surface area (Å²) in [5.41, 5.74) is 1.80. The molecule has 4 rings (SSSR count). The number of carbonyl (C=O) groups excluding carboxylic acids is 3. The van der Waals surface area contributed by atoms with E-state index in [9.17, 15) is 14.4 Å². The largest absolute Gasteiger partial charge is 0.488 e. The third-order valence-electron chi connectivity index (χ3n) is 5.36. The fourth-order valence-electron chi connectivity index (χ4n) is 3.63. The van der Waals surface area contributed by atoms with Crippen LogP contribution in [0, 0.1) is 0 Å². The molecule has 0 aliphatic carbocycles. The van der Waals surface area contributed by atoms with E-state index >= 15 is 0 Å². The predicted molar refractivity (Wildman–Crippen MR) is 136 cm³/mol. The van der Waals surface area contributed by atoms with Crippen LogP contribution in [-0.4, -0.2) is 34.7 Å². The number of amides is 2. The number of rotatable bonds is 7. The molecule has 2 amide bonds. The van der Waals surface area contributed by atoms with Crippen LogP contribution in [0.3, 0.4) is 0 Å². The van der Waals surface area contributed by atoms with Crippen LogP contribution in [0.15, 0.2) is 70.0 Å². The Kier molecular flexibility index (Phi) is 7.38. The molecule has 0 radical (unpaired) electrons. The van der Waals surface area contributed by atoms with Crippen LogP contribution < -0.4 is 4.74 Å². The summed E-state index contributed by atoms with van der Waals surface area (Å²) in [6.45, 7) is 3.74. The summed E-state index contributed by atoms with van der Waals surface area (Å²) in [6.07, 6.45) is 1.63. The summed E-state index contributed by atoms with van der Waals surface area (Å²) in [4.78, 5) is 38.3. The molecule has 0 spiro atoms. The van der Waals surface area contributed by atoms with Gasteiger partial charge in [-0.25, -0.2) is 4.79 Å². The molecular weight excluding hydrogens is 518 g/mol. The minimum Gasteiger partial charge on any atom is -0.488 e. The summed E-state index contributed by atoms with van der Waals surface area (Å²) in [7, 11) is 0. The molecule has 0 unspecified atom stereocenters. The van der Waals surface area contributed by atoms with Crippen molar-refractivity contribution in [3.8, 4) is 5.75 Å². The van der Waals surface area contributed by atoms with Crippen molar-refractivity contribution in [1.29, 1.82) is 0 Å². The van der Waals surface area contributed by atoms with Crippen LogP contribution in [-0.2, 0) is 20.9 Å². The number of esters is 1. The lowest BCUT2D eigenvalue weighted by Crippen LogP contribution is -2.42. The summed E-state index contributed by atoms with van der Waals surface area (Å²) in [6, 6.07) is 18.7. The Balaban J connectivity index is 1.48. The molecule has 0 N–H and O–H groups in total. The van der Waals surface area contributed by atoms with Gasteiger partial charge in [0, 0.05) is 0 Å². The minimum atomic E-state index is -0.977. The molecule has 1 aliphatic rings. The number of thioether (sulfide) groups is 1. The Labute approximate surface area is 210 Å². The van der Waals surface area contributed by atoms with Crippen molar-refractivity contribution in [3.05, 3.63) is 81.2 Å². The zero-order valence-electron chi connectivity index (χ0n) is 18.6. The second kappa shape index (κ2) is 10.4. The molecule has 6 nitrogen and oxygen atoms in total. The van der Waals surface area contributed by atoms with Crippen LogP contribution in [0.1, 0.15) is 25.0 Å². The monoisotopic (exact) mass is 539 g/mol. The number of hydrogen-bond acceptors (Lipinski definition) is 6. The van der Waals surface area contributed by atoms with Gasteiger partial charge in [0.1, 0.15) is 18.4 Å². The van der Waals surface area contributed by atoms with Crippen molar-refractivity contribution in [2.75, 3.05) is 6.61 Å². The average molecular weight is 540 g/mol. The first kappa shape index (κ1) is 24.0. The summed E-state index contributed by atoms with van der Waals surface area (Å²) < 4.78 is 11.7. The molecular formula is C26H22BrNO5S. The number of hydrogen-bond donors (Lipinski definition) is 0. The SMILES string of the molecule is CCOC(=O)[C@@H](C)N1C(=O)S/C(=C/c2ccc(OCc3cccc4ccccc34)c(Br)c2)C1=O. The normalized spacial score (nSPS) is 15.7. The lowest BCUT2D eigenvalue weighted by Gasteiger charge is -2.19. The molecule has 0 saturated carbocycles. The van der Waals surface area contributed by atoms with Gasteiger partial charge in [-0.2, -0.15) is 0 Å². The van der Waals surface area contributed by atoms with Crippen LogP contribution >= 0.6 is 27.7 Å². The van der Waals surface area contributed by atoms with E-state index in [1.165, 1.54) is 6.92 Å². The Morgan fingerprint density at radius 3 is 2.65 bits per heavy atom. The lowest BCUT2D eigenvalue weighted by molar-refractivity contribution is -0.150. The Morgan fingerprint density at radius 2 is 1.88 bits per heavy atom. The third kappa shape index (κ3) is 5.03. The zero-order valence-corrected chi connectivity index (χ0v) is 21.0. The highest BCUT2D eigenvalue weighted by Crippen LogP contribution is 2.35. The van der Waals surface area contributed by atoms with Crippen molar-refractivity contribution < 1.29 is 23.9 Å². The van der Waals surface area contributed by atoms with Crippen LogP contribution in [0.4, 0.5) is 4.79 Å². The predicted octanol–water partition coefficient (Wildman–Crippen LogP) is 6.17. The van der Waals surface area contributed by atoms with Gasteiger partial charge in [-0.3, -0.25) is 14.5 Å². The van der Waals surface area contributed by atoms with Crippen molar-refractivity contribution in [1.82, 2.24) is 4.90 Å². The molecule has 1 heterocycles. The smallest absolute Gasteiger partial charge is 0.329 e. The van der Waals surface area contributed by atoms with Gasteiger partial charge in [-0.05, 0) is 81.6 Å². The second-order valence-corrected chi connectivity index (χ2v) is 9.44. The number of halogens is 1. The fourth-order valence-corrected chi connectivity index (χ4v) is 5.05. The number of benzene rings is 3. The third-order valence-corrected chi connectivity index (χ3v) is 6.86. The molecule has 0 aromatic heterocycles. The zero-order chi connectivity index (χ0) is 24.2. The van der Waals surface area contributed by atoms with E-state index in [1.54, 1.807) is 13.0 Å². The molecule has 1 atom stereocenters. The molecule has 1 saturated heterocycles. The quantitative estimate of drug-likeness (QED) is 0.264. The van der Waals surface area contributed by atoms with Crippen LogP contribution in [0.5, 0.6) is 5.75 Å². The fraction of sp³-hybridized carbons (Fsp3) is 0.192. The summed E-state index contributed by atoms with van der Waals surface area (Å²) in [5, 5.41) is 1.81. The molecule has 34 heavy (non-hydrogen) atoms. The standard InChI is InChI=1S/C26H22BrNO5S/c1-3-32-25(30)16(2)28-24(29)23(34-26(28)31)14-17-11-12-22(21(27)13-17)33-15-19-9-6-8-18-7-4-5-10-20(18)19/h4-14,16H,3,15H2,1-2H3/b23-14+/t16-/m1/s1. The van der Waals surface area contributed by atoms with Gasteiger partial charge >= 0.3 is 5.97 Å². The van der Waals surface area contributed by atoms with E-state index in [0.29, 0.717) is 12.4 Å². The maximum atomic E-state index is 12.8. The maximum Gasteiger partial charge on any atom is 0.329 e. The average Bonchev–Trinajstić information content (AvgIpc) is 3.10. The number of imide groups is 1. The summed E-state index contributed by atoms with van der Waals surface area (Å²) in [5.74, 6) is -0.460. The van der Waals surface area contributed by atoms with E-state index in [-0.39, 0.29) is 11.5 Å². The minimum absolute atomic E-state index is 0.179. The molecule has 174 valence electrons. The Morgan fingerprint density at radius 1 is 1.12 bits per heavy atom. The van der Waals surface area contributed by atoms with Gasteiger partial charge in [0.15, 0.2) is 0 Å². The molecule has 3 aromatic carbocycles. The van der Waals surface area contributed by atoms with E-state index in [0.717, 1.165) is 43.0 Å². The van der Waals surface area contributed by atoms with Gasteiger partial charge in [-0.1, -0.05) is 48.5 Å². The van der Waals surface area contributed by atoms with Gasteiger partial charge < -0.3 is 9.47 Å². The molecule has 8 heteroatoms. The number of nitrogens with zero attached hydrogens (tertiary/aromatic N) is 1. The van der Waals surface area contributed by atoms with Crippen LogP contribution in [0.2, 0.25) is 0 Å². The number of ether oxygens (including phenoxy) is 2. The van der Waals surface area contributed by atoms with Gasteiger partial charge in [0.25, 0.3) is 11.1 Å². The Hall–Kier alpha value is -3.10. The highest BCUT2D eigenvalue weighted by molar-refractivity contribution is 9.10. The van der Waals surface area contributed by atoms with Gasteiger partial charge in [-0.15, -0.1) is 0 Å². The maximum absolute atomic E-state index is 12.8. The van der Waals surface area contributed by atoms with Crippen molar-refractivity contribution in [3.63, 3.8) is 0 Å². The van der Waals surface area contributed by atoms with E-state index in [1.807, 2.05) is 42.5 Å². The molecule has 0 bridgehead atoms. The second-order valence-electron chi connectivity index (χ2n) is 7.60. The number of carbonyl (C=O) groups is 3. The van der Waals surface area contributed by atoms with Crippen LogP contribution in [0.25, 0.3) is 16.8 Å². The van der Waals surface area contributed by atoms with Gasteiger partial charge in [0.2, 0.25) is 0 Å². The first-order valence-corrected chi connectivity index (χ1v) is 12.3. The van der Waals surface area contributed by atoms with Crippen molar-refractivity contribution in [2.24, 2.45) is 0 Å². The van der Waals surface area contributed by atoms with Gasteiger partial charge in [0.05, 0.1) is 16.0 Å². The van der Waals surface area contributed by atoms with Crippen molar-refractivity contribution in [2.45, 2.75) is 26.5 Å². The highest BCUT2D eigenvalue weighted by atomic mass is 79.9. The van der Waals surface area contributed by atoms with E-state index in [2.05, 4.69) is 34.1 Å². The lowest BCUT2D eigenvalue weighted by atomic mass is 10.1. The van der Waals surface area contributed by atoms with E-state index < -0.39 is 23.2 Å². The first-order valence-electron chi connectivity index (χ1n) is 10.7. The summed E-state index contributed by atoms with van der Waals surface area (Å²) >= 11 is 4.34. The van der Waals surface area contributed by atoms with Crippen molar-refractivity contribution >= 4 is 61.7 Å². The first-order chi connectivity index (χ1) is 16.4. The molecule has 3 aromatic rings. The Bertz CT molecular complexity index is 1300. The molecule has 1 aliphatic heterocycles. The van der Waals surface area contributed by atoms with E-state index in [4.69, 9.17) is 9.47 Å². The highest BCUT2D eigenvalue weighted by Gasteiger charge is 2.41. The molecule has 1 fully saturated rings. The number of fused-ring (bicyclic) bond motifs is 1.